The Morgan fingerprint density at radius 2 is 2.29 bits per heavy atom. The highest BCUT2D eigenvalue weighted by molar-refractivity contribution is 5.68. The summed E-state index contributed by atoms with van der Waals surface area (Å²) in [5.41, 5.74) is 7.51. The fourth-order valence-electron chi connectivity index (χ4n) is 1.30. The van der Waals surface area contributed by atoms with Crippen LogP contribution in [0.5, 0.6) is 0 Å². The third-order valence-corrected chi connectivity index (χ3v) is 2.08. The molecule has 0 saturated heterocycles. The number of nitro benzene ring substituents is 1. The third kappa shape index (κ3) is 1.74. The van der Waals surface area contributed by atoms with Crippen LogP contribution in [0.1, 0.15) is 18.1 Å². The summed E-state index contributed by atoms with van der Waals surface area (Å²) in [6, 6.07) is 3.09. The van der Waals surface area contributed by atoms with E-state index in [1.54, 1.807) is 12.1 Å². The van der Waals surface area contributed by atoms with Crippen molar-refractivity contribution in [3.63, 3.8) is 0 Å². The second-order valence-electron chi connectivity index (χ2n) is 2.92. The summed E-state index contributed by atoms with van der Waals surface area (Å²) in [5.74, 6) is 0. The first-order chi connectivity index (χ1) is 6.60. The molecule has 1 aromatic rings. The molecule has 74 valence electrons. The molecule has 4 heteroatoms. The van der Waals surface area contributed by atoms with E-state index < -0.39 is 4.92 Å². The molecule has 0 aliphatic carbocycles. The van der Waals surface area contributed by atoms with Crippen LogP contribution < -0.4 is 5.73 Å². The molecule has 0 aromatic heterocycles. The highest BCUT2D eigenvalue weighted by Gasteiger charge is 2.14. The van der Waals surface area contributed by atoms with Crippen molar-refractivity contribution in [2.24, 2.45) is 0 Å². The molecule has 0 saturated carbocycles. The highest BCUT2D eigenvalue weighted by atomic mass is 16.6. The largest absolute Gasteiger partial charge is 0.398 e. The molecule has 0 atom stereocenters. The Balaban J connectivity index is 3.38. The van der Waals surface area contributed by atoms with E-state index in [-0.39, 0.29) is 5.69 Å². The molecule has 0 unspecified atom stereocenters. The van der Waals surface area contributed by atoms with E-state index >= 15 is 0 Å². The summed E-state index contributed by atoms with van der Waals surface area (Å²) in [6.07, 6.45) is 2.20. The standard InChI is InChI=1S/C10H12N2O2/c1-3-7-5-8(4-2)10(12(13)14)6-9(7)11/h3,5-6H,1,4,11H2,2H3. The first-order valence-corrected chi connectivity index (χ1v) is 4.29. The van der Waals surface area contributed by atoms with Crippen molar-refractivity contribution in [2.75, 3.05) is 5.73 Å². The number of nitro groups is 1. The number of anilines is 1. The first-order valence-electron chi connectivity index (χ1n) is 4.29. The molecule has 1 rings (SSSR count). The quantitative estimate of drug-likeness (QED) is 0.454. The number of rotatable bonds is 3. The summed E-state index contributed by atoms with van der Waals surface area (Å²) < 4.78 is 0. The van der Waals surface area contributed by atoms with Crippen LogP contribution in [0.25, 0.3) is 6.08 Å². The van der Waals surface area contributed by atoms with Gasteiger partial charge in [-0.25, -0.2) is 0 Å². The van der Waals surface area contributed by atoms with E-state index in [1.165, 1.54) is 6.07 Å². The van der Waals surface area contributed by atoms with Gasteiger partial charge in [0.15, 0.2) is 0 Å². The van der Waals surface area contributed by atoms with E-state index in [9.17, 15) is 10.1 Å². The lowest BCUT2D eigenvalue weighted by molar-refractivity contribution is -0.385. The van der Waals surface area contributed by atoms with Gasteiger partial charge in [0.05, 0.1) is 4.92 Å². The van der Waals surface area contributed by atoms with Crippen molar-refractivity contribution in [3.8, 4) is 0 Å². The minimum absolute atomic E-state index is 0.0793. The van der Waals surface area contributed by atoms with Crippen molar-refractivity contribution in [3.05, 3.63) is 40.0 Å². The number of hydrogen-bond acceptors (Lipinski definition) is 3. The van der Waals surface area contributed by atoms with Crippen LogP contribution in [-0.4, -0.2) is 4.92 Å². The second kappa shape index (κ2) is 3.91. The lowest BCUT2D eigenvalue weighted by Gasteiger charge is -2.04. The molecule has 0 bridgehead atoms. The van der Waals surface area contributed by atoms with Crippen LogP contribution in [0.4, 0.5) is 11.4 Å². The topological polar surface area (TPSA) is 69.2 Å². The summed E-state index contributed by atoms with van der Waals surface area (Å²) in [7, 11) is 0. The lowest BCUT2D eigenvalue weighted by Crippen LogP contribution is -1.98. The van der Waals surface area contributed by atoms with E-state index in [2.05, 4.69) is 6.58 Å². The molecule has 1 aromatic carbocycles. The molecule has 2 N–H and O–H groups in total. The first kappa shape index (κ1) is 10.2. The molecule has 0 spiro atoms. The summed E-state index contributed by atoms with van der Waals surface area (Å²) in [6.45, 7) is 5.46. The average Bonchev–Trinajstić information content (AvgIpc) is 2.17. The minimum atomic E-state index is -0.415. The van der Waals surface area contributed by atoms with Gasteiger partial charge >= 0.3 is 0 Å². The number of nitrogens with zero attached hydrogens (tertiary/aromatic N) is 1. The van der Waals surface area contributed by atoms with Crippen LogP contribution in [0.2, 0.25) is 0 Å². The molecule has 0 radical (unpaired) electrons. The van der Waals surface area contributed by atoms with Gasteiger partial charge in [-0.1, -0.05) is 19.6 Å². The van der Waals surface area contributed by atoms with Gasteiger partial charge in [-0.05, 0) is 18.1 Å². The maximum atomic E-state index is 10.7. The normalized spacial score (nSPS) is 9.79. The van der Waals surface area contributed by atoms with Crippen LogP contribution in [0.3, 0.4) is 0 Å². The van der Waals surface area contributed by atoms with Gasteiger partial charge in [-0.3, -0.25) is 10.1 Å². The maximum absolute atomic E-state index is 10.7. The van der Waals surface area contributed by atoms with Crippen LogP contribution in [0.15, 0.2) is 18.7 Å². The molecular weight excluding hydrogens is 180 g/mol. The van der Waals surface area contributed by atoms with Crippen LogP contribution >= 0.6 is 0 Å². The van der Waals surface area contributed by atoms with Gasteiger partial charge in [0.25, 0.3) is 5.69 Å². The lowest BCUT2D eigenvalue weighted by atomic mass is 10.0. The second-order valence-corrected chi connectivity index (χ2v) is 2.92. The van der Waals surface area contributed by atoms with Crippen molar-refractivity contribution in [1.82, 2.24) is 0 Å². The number of benzene rings is 1. The number of aryl methyl sites for hydroxylation is 1. The predicted molar refractivity (Wildman–Crippen MR) is 57.0 cm³/mol. The Hall–Kier alpha value is -1.84. The fraction of sp³-hybridized carbons (Fsp3) is 0.200. The van der Waals surface area contributed by atoms with Crippen LogP contribution in [-0.2, 0) is 6.42 Å². The molecule has 0 fully saturated rings. The van der Waals surface area contributed by atoms with Crippen LogP contribution in [0, 0.1) is 10.1 Å². The molecule has 0 aliphatic heterocycles. The van der Waals surface area contributed by atoms with E-state index in [1.807, 2.05) is 6.92 Å². The molecular formula is C10H12N2O2. The molecule has 0 amide bonds. The maximum Gasteiger partial charge on any atom is 0.274 e. The van der Waals surface area contributed by atoms with Gasteiger partial charge in [0.1, 0.15) is 0 Å². The van der Waals surface area contributed by atoms with Gasteiger partial charge in [-0.15, -0.1) is 0 Å². The SMILES string of the molecule is C=Cc1cc(CC)c([N+](=O)[O-])cc1N. The van der Waals surface area contributed by atoms with E-state index in [4.69, 9.17) is 5.73 Å². The monoisotopic (exact) mass is 192 g/mol. The van der Waals surface area contributed by atoms with Gasteiger partial charge in [0, 0.05) is 17.3 Å². The predicted octanol–water partition coefficient (Wildman–Crippen LogP) is 2.38. The highest BCUT2D eigenvalue weighted by Crippen LogP contribution is 2.26. The Labute approximate surface area is 82.2 Å². The summed E-state index contributed by atoms with van der Waals surface area (Å²) >= 11 is 0. The summed E-state index contributed by atoms with van der Waals surface area (Å²) in [5, 5.41) is 10.7. The van der Waals surface area contributed by atoms with Gasteiger partial charge in [-0.2, -0.15) is 0 Å². The molecule has 0 heterocycles. The van der Waals surface area contributed by atoms with E-state index in [0.29, 0.717) is 17.7 Å². The number of hydrogen-bond donors (Lipinski definition) is 1. The molecule has 4 nitrogen and oxygen atoms in total. The fourth-order valence-corrected chi connectivity index (χ4v) is 1.30. The Kier molecular flexibility index (Phi) is 2.86. The number of nitrogen functional groups attached to an aromatic ring is 1. The van der Waals surface area contributed by atoms with Gasteiger partial charge in [0.2, 0.25) is 0 Å². The van der Waals surface area contributed by atoms with Crippen molar-refractivity contribution in [2.45, 2.75) is 13.3 Å². The zero-order valence-electron chi connectivity index (χ0n) is 7.99. The third-order valence-electron chi connectivity index (χ3n) is 2.08. The smallest absolute Gasteiger partial charge is 0.274 e. The van der Waals surface area contributed by atoms with Gasteiger partial charge < -0.3 is 5.73 Å². The Morgan fingerprint density at radius 3 is 2.71 bits per heavy atom. The zero-order valence-corrected chi connectivity index (χ0v) is 7.99. The van der Waals surface area contributed by atoms with Crippen molar-refractivity contribution >= 4 is 17.5 Å². The van der Waals surface area contributed by atoms with Crippen molar-refractivity contribution in [1.29, 1.82) is 0 Å². The Morgan fingerprint density at radius 1 is 1.64 bits per heavy atom. The molecule has 0 aliphatic rings. The zero-order chi connectivity index (χ0) is 10.7. The van der Waals surface area contributed by atoms with Crippen molar-refractivity contribution < 1.29 is 4.92 Å². The average molecular weight is 192 g/mol. The van der Waals surface area contributed by atoms with E-state index in [0.717, 1.165) is 5.56 Å². The molecule has 14 heavy (non-hydrogen) atoms. The summed E-state index contributed by atoms with van der Waals surface area (Å²) in [4.78, 5) is 10.2. The minimum Gasteiger partial charge on any atom is -0.398 e. The Bertz CT molecular complexity index is 386. The number of nitrogens with two attached hydrogens (primary N) is 1.